The highest BCUT2D eigenvalue weighted by Gasteiger charge is 2.07. The molecule has 2 N–H and O–H groups in total. The van der Waals surface area contributed by atoms with Crippen molar-refractivity contribution in [1.29, 1.82) is 0 Å². The number of nitrogens with zero attached hydrogens (tertiary/aromatic N) is 2. The molecule has 0 aromatic carbocycles. The van der Waals surface area contributed by atoms with Gasteiger partial charge in [-0.15, -0.1) is 12.4 Å². The molecule has 0 saturated heterocycles. The van der Waals surface area contributed by atoms with Crippen LogP contribution < -0.4 is 5.32 Å². The van der Waals surface area contributed by atoms with Gasteiger partial charge in [0.2, 0.25) is 0 Å². The Morgan fingerprint density at radius 3 is 2.82 bits per heavy atom. The number of nitrogens with one attached hydrogen (secondary N) is 2. The predicted octanol–water partition coefficient (Wildman–Crippen LogP) is 1.77. The Balaban J connectivity index is 0.00000144. The van der Waals surface area contributed by atoms with Crippen LogP contribution in [-0.2, 0) is 13.0 Å². The van der Waals surface area contributed by atoms with E-state index in [9.17, 15) is 0 Å². The number of H-pyrrole nitrogens is 1. The largest absolute Gasteiger partial charge is 0.361 e. The number of aryl methyl sites for hydroxylation is 2. The van der Waals surface area contributed by atoms with Gasteiger partial charge in [-0.05, 0) is 32.9 Å². The third-order valence-corrected chi connectivity index (χ3v) is 2.61. The van der Waals surface area contributed by atoms with Gasteiger partial charge < -0.3 is 9.84 Å². The molecule has 0 radical (unpaired) electrons. The van der Waals surface area contributed by atoms with E-state index in [-0.39, 0.29) is 12.4 Å². The molecule has 0 amide bonds. The Labute approximate surface area is 106 Å². The van der Waals surface area contributed by atoms with Crippen LogP contribution in [0.1, 0.15) is 22.7 Å². The maximum atomic E-state index is 5.10. The van der Waals surface area contributed by atoms with E-state index < -0.39 is 0 Å². The van der Waals surface area contributed by atoms with Gasteiger partial charge in [0.15, 0.2) is 0 Å². The van der Waals surface area contributed by atoms with Gasteiger partial charge in [0.1, 0.15) is 5.76 Å². The average Bonchev–Trinajstić information content (AvgIpc) is 2.87. The van der Waals surface area contributed by atoms with Crippen LogP contribution in [0.4, 0.5) is 0 Å². The fraction of sp³-hybridized carbons (Fsp3) is 0.455. The quantitative estimate of drug-likeness (QED) is 0.800. The van der Waals surface area contributed by atoms with Crippen molar-refractivity contribution in [3.05, 3.63) is 35.0 Å². The molecule has 17 heavy (non-hydrogen) atoms. The normalized spacial score (nSPS) is 10.2. The lowest BCUT2D eigenvalue weighted by atomic mass is 10.1. The summed E-state index contributed by atoms with van der Waals surface area (Å²) in [6.45, 7) is 5.64. The summed E-state index contributed by atoms with van der Waals surface area (Å²) in [7, 11) is 0. The van der Waals surface area contributed by atoms with Gasteiger partial charge in [0, 0.05) is 24.0 Å². The molecule has 6 heteroatoms. The molecule has 0 aliphatic rings. The van der Waals surface area contributed by atoms with Crippen molar-refractivity contribution in [3.63, 3.8) is 0 Å². The molecule has 2 heterocycles. The van der Waals surface area contributed by atoms with Gasteiger partial charge in [0.25, 0.3) is 0 Å². The fourth-order valence-corrected chi connectivity index (χ4v) is 1.68. The summed E-state index contributed by atoms with van der Waals surface area (Å²) in [6, 6.07) is 1.96. The molecule has 2 rings (SSSR count). The summed E-state index contributed by atoms with van der Waals surface area (Å²) in [5.74, 6) is 0.917. The summed E-state index contributed by atoms with van der Waals surface area (Å²) in [5.41, 5.74) is 3.29. The van der Waals surface area contributed by atoms with E-state index in [2.05, 4.69) is 20.7 Å². The summed E-state index contributed by atoms with van der Waals surface area (Å²) in [4.78, 5) is 0. The molecule has 2 aromatic rings. The molecule has 94 valence electrons. The highest BCUT2D eigenvalue weighted by atomic mass is 35.5. The first kappa shape index (κ1) is 13.7. The summed E-state index contributed by atoms with van der Waals surface area (Å²) >= 11 is 0. The zero-order chi connectivity index (χ0) is 11.4. The highest BCUT2D eigenvalue weighted by Crippen LogP contribution is 2.11. The lowest BCUT2D eigenvalue weighted by Gasteiger charge is -2.02. The van der Waals surface area contributed by atoms with Crippen LogP contribution in [0.15, 0.2) is 16.8 Å². The van der Waals surface area contributed by atoms with Gasteiger partial charge in [-0.3, -0.25) is 5.10 Å². The molecular formula is C11H17ClN4O. The zero-order valence-corrected chi connectivity index (χ0v) is 10.8. The van der Waals surface area contributed by atoms with E-state index >= 15 is 0 Å². The van der Waals surface area contributed by atoms with E-state index in [0.29, 0.717) is 0 Å². The van der Waals surface area contributed by atoms with Crippen LogP contribution in [0.5, 0.6) is 0 Å². The van der Waals surface area contributed by atoms with Crippen molar-refractivity contribution in [3.8, 4) is 0 Å². The second-order valence-corrected chi connectivity index (χ2v) is 3.81. The number of aromatic amines is 1. The first-order chi connectivity index (χ1) is 7.77. The second-order valence-electron chi connectivity index (χ2n) is 3.81. The molecule has 0 atom stereocenters. The van der Waals surface area contributed by atoms with Gasteiger partial charge in [-0.1, -0.05) is 5.16 Å². The Morgan fingerprint density at radius 2 is 2.24 bits per heavy atom. The minimum atomic E-state index is 0. The summed E-state index contributed by atoms with van der Waals surface area (Å²) in [6.07, 6.45) is 2.70. The first-order valence-electron chi connectivity index (χ1n) is 5.38. The second kappa shape index (κ2) is 6.42. The highest BCUT2D eigenvalue weighted by molar-refractivity contribution is 5.85. The molecular weight excluding hydrogens is 240 g/mol. The van der Waals surface area contributed by atoms with Gasteiger partial charge in [0.05, 0.1) is 5.69 Å². The predicted molar refractivity (Wildman–Crippen MR) is 67.2 cm³/mol. The van der Waals surface area contributed by atoms with Crippen molar-refractivity contribution in [2.45, 2.75) is 26.8 Å². The standard InChI is InChI=1S/C11H16N4O.ClH/c1-8-11(9(2)16-15-8)4-5-12-7-10-3-6-13-14-10;/h3,6,12H,4-5,7H2,1-2H3,(H,13,14);1H. The van der Waals surface area contributed by atoms with E-state index in [1.165, 1.54) is 5.56 Å². The van der Waals surface area contributed by atoms with Crippen molar-refractivity contribution in [2.24, 2.45) is 0 Å². The molecule has 0 saturated carbocycles. The van der Waals surface area contributed by atoms with Gasteiger partial charge >= 0.3 is 0 Å². The molecule has 0 aliphatic carbocycles. The van der Waals surface area contributed by atoms with Crippen LogP contribution >= 0.6 is 12.4 Å². The topological polar surface area (TPSA) is 66.7 Å². The first-order valence-corrected chi connectivity index (χ1v) is 5.38. The maximum absolute atomic E-state index is 5.10. The van der Waals surface area contributed by atoms with Crippen LogP contribution in [0.25, 0.3) is 0 Å². The molecule has 0 bridgehead atoms. The van der Waals surface area contributed by atoms with E-state index in [4.69, 9.17) is 4.52 Å². The number of halogens is 1. The molecule has 0 unspecified atom stereocenters. The van der Waals surface area contributed by atoms with Crippen LogP contribution in [0, 0.1) is 13.8 Å². The maximum Gasteiger partial charge on any atom is 0.137 e. The molecule has 0 spiro atoms. The number of hydrogen-bond donors (Lipinski definition) is 2. The van der Waals surface area contributed by atoms with Crippen molar-refractivity contribution >= 4 is 12.4 Å². The van der Waals surface area contributed by atoms with Gasteiger partial charge in [-0.2, -0.15) is 5.10 Å². The zero-order valence-electron chi connectivity index (χ0n) is 9.99. The van der Waals surface area contributed by atoms with Crippen LogP contribution in [0.2, 0.25) is 0 Å². The summed E-state index contributed by atoms with van der Waals surface area (Å²) in [5, 5.41) is 14.1. The van der Waals surface area contributed by atoms with Crippen molar-refractivity contribution in [1.82, 2.24) is 20.7 Å². The lowest BCUT2D eigenvalue weighted by Crippen LogP contribution is -2.17. The van der Waals surface area contributed by atoms with Gasteiger partial charge in [-0.25, -0.2) is 0 Å². The van der Waals surface area contributed by atoms with E-state index in [0.717, 1.165) is 36.7 Å². The fourth-order valence-electron chi connectivity index (χ4n) is 1.68. The SMILES string of the molecule is Cc1noc(C)c1CCNCc1ccn[nH]1.Cl. The number of hydrogen-bond acceptors (Lipinski definition) is 4. The minimum Gasteiger partial charge on any atom is -0.361 e. The monoisotopic (exact) mass is 256 g/mol. The van der Waals surface area contributed by atoms with Crippen molar-refractivity contribution in [2.75, 3.05) is 6.54 Å². The van der Waals surface area contributed by atoms with E-state index in [1.807, 2.05) is 19.9 Å². The number of rotatable bonds is 5. The average molecular weight is 257 g/mol. The third-order valence-electron chi connectivity index (χ3n) is 2.61. The minimum absolute atomic E-state index is 0. The molecule has 0 fully saturated rings. The van der Waals surface area contributed by atoms with Crippen LogP contribution in [0.3, 0.4) is 0 Å². The Morgan fingerprint density at radius 1 is 1.41 bits per heavy atom. The molecule has 5 nitrogen and oxygen atoms in total. The third kappa shape index (κ3) is 3.57. The lowest BCUT2D eigenvalue weighted by molar-refractivity contribution is 0.392. The van der Waals surface area contributed by atoms with E-state index in [1.54, 1.807) is 6.20 Å². The Kier molecular flexibility index (Phi) is 5.18. The van der Waals surface area contributed by atoms with Crippen molar-refractivity contribution < 1.29 is 4.52 Å². The molecule has 0 aliphatic heterocycles. The summed E-state index contributed by atoms with van der Waals surface area (Å²) < 4.78 is 5.10. The molecule has 2 aromatic heterocycles. The number of aromatic nitrogens is 3. The smallest absolute Gasteiger partial charge is 0.137 e. The Bertz CT molecular complexity index is 419. The Hall–Kier alpha value is -1.33. The van der Waals surface area contributed by atoms with Crippen LogP contribution in [-0.4, -0.2) is 21.9 Å².